The Kier molecular flexibility index (Phi) is 4.23. The number of thiophene rings is 1. The van der Waals surface area contributed by atoms with E-state index in [1.165, 1.54) is 37.5 Å². The molecule has 5 rings (SSSR count). The summed E-state index contributed by atoms with van der Waals surface area (Å²) in [5.41, 5.74) is 5.10. The molecule has 4 heteroatoms. The zero-order chi connectivity index (χ0) is 18.2. The Morgan fingerprint density at radius 3 is 2.78 bits per heavy atom. The van der Waals surface area contributed by atoms with E-state index in [1.807, 2.05) is 29.5 Å². The maximum atomic E-state index is 6.05. The Bertz CT molecular complexity index is 1080. The molecule has 4 aromatic rings. The minimum atomic E-state index is 0.258. The van der Waals surface area contributed by atoms with E-state index in [2.05, 4.69) is 59.7 Å². The molecule has 0 aliphatic carbocycles. The van der Waals surface area contributed by atoms with Crippen LogP contribution in [0, 0.1) is 6.92 Å². The van der Waals surface area contributed by atoms with Gasteiger partial charge in [0.05, 0.1) is 6.04 Å². The number of aromatic amines is 1. The molecule has 0 saturated heterocycles. The first-order chi connectivity index (χ1) is 13.3. The highest BCUT2D eigenvalue weighted by molar-refractivity contribution is 7.12. The van der Waals surface area contributed by atoms with E-state index in [4.69, 9.17) is 4.74 Å². The van der Waals surface area contributed by atoms with Gasteiger partial charge in [-0.3, -0.25) is 0 Å². The van der Waals surface area contributed by atoms with Crippen molar-refractivity contribution in [1.29, 1.82) is 0 Å². The Morgan fingerprint density at radius 2 is 1.96 bits per heavy atom. The van der Waals surface area contributed by atoms with E-state index in [9.17, 15) is 0 Å². The highest BCUT2D eigenvalue weighted by atomic mass is 32.1. The number of ether oxygens (including phenoxy) is 1. The zero-order valence-electron chi connectivity index (χ0n) is 15.3. The summed E-state index contributed by atoms with van der Waals surface area (Å²) in [6.07, 6.45) is 1.04. The van der Waals surface area contributed by atoms with Gasteiger partial charge in [0.25, 0.3) is 0 Å². The molecule has 1 atom stereocenters. The number of aromatic nitrogens is 1. The molecule has 0 radical (unpaired) electrons. The minimum absolute atomic E-state index is 0.258. The van der Waals surface area contributed by atoms with Gasteiger partial charge >= 0.3 is 0 Å². The number of nitrogens with one attached hydrogen (secondary N) is 2. The summed E-state index contributed by atoms with van der Waals surface area (Å²) in [6, 6.07) is 21.4. The van der Waals surface area contributed by atoms with E-state index in [0.717, 1.165) is 18.7 Å². The number of rotatable bonds is 4. The third-order valence-corrected chi connectivity index (χ3v) is 6.28. The van der Waals surface area contributed by atoms with E-state index in [1.54, 1.807) is 0 Å². The van der Waals surface area contributed by atoms with Crippen LogP contribution in [0.2, 0.25) is 0 Å². The lowest BCUT2D eigenvalue weighted by Crippen LogP contribution is -2.29. The van der Waals surface area contributed by atoms with Crippen molar-refractivity contribution in [3.05, 3.63) is 87.2 Å². The van der Waals surface area contributed by atoms with Crippen molar-refractivity contribution < 1.29 is 4.74 Å². The van der Waals surface area contributed by atoms with E-state index >= 15 is 0 Å². The second kappa shape index (κ2) is 6.87. The molecule has 0 amide bonds. The normalized spacial score (nSPS) is 16.4. The van der Waals surface area contributed by atoms with Crippen LogP contribution in [0.25, 0.3) is 10.9 Å². The van der Waals surface area contributed by atoms with E-state index in [0.29, 0.717) is 6.61 Å². The second-order valence-electron chi connectivity index (χ2n) is 7.08. The third-order valence-electron chi connectivity index (χ3n) is 5.22. The molecule has 27 heavy (non-hydrogen) atoms. The molecule has 0 spiro atoms. The van der Waals surface area contributed by atoms with E-state index in [-0.39, 0.29) is 6.04 Å². The number of fused-ring (bicyclic) bond motifs is 3. The predicted molar refractivity (Wildman–Crippen MR) is 112 cm³/mol. The molecule has 1 aliphatic rings. The summed E-state index contributed by atoms with van der Waals surface area (Å²) in [5.74, 6) is 0.926. The van der Waals surface area contributed by atoms with Gasteiger partial charge in [0.15, 0.2) is 0 Å². The number of aryl methyl sites for hydroxylation is 1. The van der Waals surface area contributed by atoms with Crippen LogP contribution in [-0.4, -0.2) is 11.5 Å². The van der Waals surface area contributed by atoms with Crippen LogP contribution in [0.5, 0.6) is 5.75 Å². The van der Waals surface area contributed by atoms with Crippen molar-refractivity contribution in [3.63, 3.8) is 0 Å². The SMILES string of the molecule is Cc1ccc(C2NCCc3c2[nH]c2ccc(OCc4ccccc4)cc32)s1. The lowest BCUT2D eigenvalue weighted by atomic mass is 9.98. The largest absolute Gasteiger partial charge is 0.489 e. The first kappa shape index (κ1) is 16.6. The third kappa shape index (κ3) is 3.15. The van der Waals surface area contributed by atoms with Crippen molar-refractivity contribution >= 4 is 22.2 Å². The van der Waals surface area contributed by atoms with Crippen molar-refractivity contribution in [2.75, 3.05) is 6.54 Å². The fourth-order valence-electron chi connectivity index (χ4n) is 3.89. The lowest BCUT2D eigenvalue weighted by Gasteiger charge is -2.23. The molecule has 0 saturated carbocycles. The van der Waals surface area contributed by atoms with Crippen LogP contribution in [0.4, 0.5) is 0 Å². The number of H-pyrrole nitrogens is 1. The van der Waals surface area contributed by atoms with Gasteiger partial charge in [-0.15, -0.1) is 11.3 Å². The maximum absolute atomic E-state index is 6.05. The summed E-state index contributed by atoms with van der Waals surface area (Å²) in [7, 11) is 0. The molecular weight excluding hydrogens is 352 g/mol. The molecular formula is C23H22N2OS. The molecule has 1 aliphatic heterocycles. The smallest absolute Gasteiger partial charge is 0.120 e. The molecule has 3 heterocycles. The molecule has 3 nitrogen and oxygen atoms in total. The van der Waals surface area contributed by atoms with Gasteiger partial charge in [-0.25, -0.2) is 0 Å². The Labute approximate surface area is 163 Å². The highest BCUT2D eigenvalue weighted by Crippen LogP contribution is 2.37. The monoisotopic (exact) mass is 374 g/mol. The summed E-state index contributed by atoms with van der Waals surface area (Å²) in [6.45, 7) is 3.76. The first-order valence-electron chi connectivity index (χ1n) is 9.39. The molecule has 2 aromatic heterocycles. The molecule has 1 unspecified atom stereocenters. The average Bonchev–Trinajstić information content (AvgIpc) is 3.30. The van der Waals surface area contributed by atoms with Gasteiger partial charge in [-0.2, -0.15) is 0 Å². The van der Waals surface area contributed by atoms with Crippen molar-refractivity contribution in [2.45, 2.75) is 26.0 Å². The van der Waals surface area contributed by atoms with Gasteiger partial charge in [0.1, 0.15) is 12.4 Å². The molecule has 2 N–H and O–H groups in total. The topological polar surface area (TPSA) is 37.0 Å². The fourth-order valence-corrected chi connectivity index (χ4v) is 4.85. The van der Waals surface area contributed by atoms with Crippen LogP contribution in [0.1, 0.15) is 32.6 Å². The van der Waals surface area contributed by atoms with Crippen LogP contribution < -0.4 is 10.1 Å². The zero-order valence-corrected chi connectivity index (χ0v) is 16.1. The van der Waals surface area contributed by atoms with Crippen LogP contribution in [0.3, 0.4) is 0 Å². The fraction of sp³-hybridized carbons (Fsp3) is 0.217. The summed E-state index contributed by atoms with van der Waals surface area (Å²) < 4.78 is 6.05. The molecule has 0 fully saturated rings. The van der Waals surface area contributed by atoms with Crippen molar-refractivity contribution in [3.8, 4) is 5.75 Å². The number of benzene rings is 2. The molecule has 2 aromatic carbocycles. The number of hydrogen-bond acceptors (Lipinski definition) is 3. The minimum Gasteiger partial charge on any atom is -0.489 e. The second-order valence-corrected chi connectivity index (χ2v) is 8.40. The van der Waals surface area contributed by atoms with Crippen LogP contribution in [0.15, 0.2) is 60.7 Å². The van der Waals surface area contributed by atoms with E-state index < -0.39 is 0 Å². The average molecular weight is 375 g/mol. The standard InChI is InChI=1S/C23H22N2OS/c1-15-7-10-21(27-15)23-22-18(11-12-24-23)19-13-17(8-9-20(19)25-22)26-14-16-5-3-2-4-6-16/h2-10,13,23-25H,11-12,14H2,1H3. The van der Waals surface area contributed by atoms with Crippen molar-refractivity contribution in [2.24, 2.45) is 0 Å². The maximum Gasteiger partial charge on any atom is 0.120 e. The first-order valence-corrected chi connectivity index (χ1v) is 10.2. The Balaban J connectivity index is 1.47. The molecule has 136 valence electrons. The van der Waals surface area contributed by atoms with Crippen LogP contribution >= 0.6 is 11.3 Å². The Morgan fingerprint density at radius 1 is 1.07 bits per heavy atom. The van der Waals surface area contributed by atoms with Gasteiger partial charge in [-0.1, -0.05) is 30.3 Å². The summed E-state index contributed by atoms with van der Waals surface area (Å²) in [4.78, 5) is 6.39. The number of hydrogen-bond donors (Lipinski definition) is 2. The van der Waals surface area contributed by atoms with Gasteiger partial charge < -0.3 is 15.0 Å². The predicted octanol–water partition coefficient (Wildman–Crippen LogP) is 5.35. The Hall–Kier alpha value is -2.56. The van der Waals surface area contributed by atoms with Gasteiger partial charge in [0, 0.05) is 32.9 Å². The lowest BCUT2D eigenvalue weighted by molar-refractivity contribution is 0.306. The summed E-state index contributed by atoms with van der Waals surface area (Å²) >= 11 is 1.87. The van der Waals surface area contributed by atoms with Gasteiger partial charge in [-0.05, 0) is 54.8 Å². The van der Waals surface area contributed by atoms with Gasteiger partial charge in [0.2, 0.25) is 0 Å². The quantitative estimate of drug-likeness (QED) is 0.505. The highest BCUT2D eigenvalue weighted by Gasteiger charge is 2.26. The molecule has 0 bridgehead atoms. The summed E-state index contributed by atoms with van der Waals surface area (Å²) in [5, 5.41) is 4.96. The van der Waals surface area contributed by atoms with Crippen molar-refractivity contribution in [1.82, 2.24) is 10.3 Å². The van der Waals surface area contributed by atoms with Crippen LogP contribution in [-0.2, 0) is 13.0 Å².